The summed E-state index contributed by atoms with van der Waals surface area (Å²) in [4.78, 5) is 0. The molecular weight excluding hydrogens is 160 g/mol. The molecule has 1 aromatic carbocycles. The van der Waals surface area contributed by atoms with E-state index in [-0.39, 0.29) is 5.41 Å². The Labute approximate surface area is 79.4 Å². The minimum absolute atomic E-state index is 0.245. The molecule has 0 spiro atoms. The van der Waals surface area contributed by atoms with Crippen molar-refractivity contribution in [2.45, 2.75) is 26.2 Å². The monoisotopic (exact) mass is 176 g/mol. The Balaban J connectivity index is 2.06. The Kier molecular flexibility index (Phi) is 2.12. The lowest BCUT2D eigenvalue weighted by Gasteiger charge is -2.11. The van der Waals surface area contributed by atoms with E-state index in [1.54, 1.807) is 0 Å². The molecule has 0 unspecified atom stereocenters. The smallest absolute Gasteiger partial charge is 0.0490 e. The maximum Gasteiger partial charge on any atom is 0.0490 e. The van der Waals surface area contributed by atoms with Crippen LogP contribution in [0.5, 0.6) is 0 Å². The van der Waals surface area contributed by atoms with Gasteiger partial charge in [-0.1, -0.05) is 29.8 Å². The standard InChI is InChI=1S/C12H16O/c1-10-2-4-11(5-3-10)8-12(9-13)6-7-12/h2-5,13H,6-9H2,1H3. The van der Waals surface area contributed by atoms with Crippen LogP contribution in [0, 0.1) is 12.3 Å². The van der Waals surface area contributed by atoms with Gasteiger partial charge in [-0.25, -0.2) is 0 Å². The highest BCUT2D eigenvalue weighted by Gasteiger charge is 2.41. The molecule has 1 heteroatoms. The van der Waals surface area contributed by atoms with Crippen molar-refractivity contribution in [1.82, 2.24) is 0 Å². The topological polar surface area (TPSA) is 20.2 Å². The molecule has 0 radical (unpaired) electrons. The van der Waals surface area contributed by atoms with Crippen LogP contribution < -0.4 is 0 Å². The Morgan fingerprint density at radius 1 is 1.23 bits per heavy atom. The summed E-state index contributed by atoms with van der Waals surface area (Å²) in [5.74, 6) is 0. The first-order chi connectivity index (χ1) is 6.24. The van der Waals surface area contributed by atoms with Crippen LogP contribution in [0.4, 0.5) is 0 Å². The summed E-state index contributed by atoms with van der Waals surface area (Å²) in [6.07, 6.45) is 3.43. The first-order valence-corrected chi connectivity index (χ1v) is 4.91. The molecule has 1 aliphatic rings. The third-order valence-electron chi connectivity index (χ3n) is 2.99. The van der Waals surface area contributed by atoms with Gasteiger partial charge in [-0.2, -0.15) is 0 Å². The van der Waals surface area contributed by atoms with Gasteiger partial charge in [0.1, 0.15) is 0 Å². The predicted molar refractivity (Wildman–Crippen MR) is 53.6 cm³/mol. The molecule has 0 bridgehead atoms. The normalized spacial score (nSPS) is 18.6. The summed E-state index contributed by atoms with van der Waals surface area (Å²) in [6, 6.07) is 8.63. The molecule has 0 saturated heterocycles. The summed E-state index contributed by atoms with van der Waals surface area (Å²) in [7, 11) is 0. The fourth-order valence-electron chi connectivity index (χ4n) is 1.71. The van der Waals surface area contributed by atoms with E-state index in [9.17, 15) is 5.11 Å². The molecule has 0 aromatic heterocycles. The van der Waals surface area contributed by atoms with Crippen molar-refractivity contribution in [2.75, 3.05) is 6.61 Å². The van der Waals surface area contributed by atoms with Gasteiger partial charge in [0.05, 0.1) is 0 Å². The van der Waals surface area contributed by atoms with Gasteiger partial charge in [-0.15, -0.1) is 0 Å². The van der Waals surface area contributed by atoms with Crippen LogP contribution in [0.3, 0.4) is 0 Å². The zero-order valence-electron chi connectivity index (χ0n) is 8.09. The van der Waals surface area contributed by atoms with Crippen molar-refractivity contribution in [3.05, 3.63) is 35.4 Å². The maximum absolute atomic E-state index is 9.17. The van der Waals surface area contributed by atoms with Gasteiger partial charge in [-0.05, 0) is 37.2 Å². The molecule has 0 heterocycles. The third-order valence-corrected chi connectivity index (χ3v) is 2.99. The number of hydrogen-bond donors (Lipinski definition) is 1. The number of aliphatic hydroxyl groups excluding tert-OH is 1. The second-order valence-corrected chi connectivity index (χ2v) is 4.32. The van der Waals surface area contributed by atoms with Crippen molar-refractivity contribution in [3.8, 4) is 0 Å². The molecule has 0 amide bonds. The molecule has 1 saturated carbocycles. The average Bonchev–Trinajstić information content (AvgIpc) is 2.90. The molecular formula is C12H16O. The van der Waals surface area contributed by atoms with Crippen molar-refractivity contribution in [3.63, 3.8) is 0 Å². The first-order valence-electron chi connectivity index (χ1n) is 4.91. The molecule has 13 heavy (non-hydrogen) atoms. The summed E-state index contributed by atoms with van der Waals surface area (Å²) in [6.45, 7) is 2.45. The molecule has 70 valence electrons. The summed E-state index contributed by atoms with van der Waals surface area (Å²) < 4.78 is 0. The first kappa shape index (κ1) is 8.76. The molecule has 0 atom stereocenters. The molecule has 1 nitrogen and oxygen atoms in total. The van der Waals surface area contributed by atoms with E-state index in [0.29, 0.717) is 6.61 Å². The van der Waals surface area contributed by atoms with Gasteiger partial charge in [0.25, 0.3) is 0 Å². The zero-order chi connectivity index (χ0) is 9.31. The second kappa shape index (κ2) is 3.15. The van der Waals surface area contributed by atoms with Gasteiger partial charge in [0.2, 0.25) is 0 Å². The molecule has 0 aliphatic heterocycles. The highest BCUT2D eigenvalue weighted by atomic mass is 16.3. The van der Waals surface area contributed by atoms with E-state index in [4.69, 9.17) is 0 Å². The van der Waals surface area contributed by atoms with Gasteiger partial charge in [0, 0.05) is 6.61 Å². The zero-order valence-corrected chi connectivity index (χ0v) is 8.09. The van der Waals surface area contributed by atoms with E-state index < -0.39 is 0 Å². The van der Waals surface area contributed by atoms with E-state index in [1.165, 1.54) is 24.0 Å². The summed E-state index contributed by atoms with van der Waals surface area (Å²) >= 11 is 0. The number of benzene rings is 1. The molecule has 1 aliphatic carbocycles. The minimum atomic E-state index is 0.245. The largest absolute Gasteiger partial charge is 0.396 e. The Morgan fingerprint density at radius 2 is 1.85 bits per heavy atom. The number of rotatable bonds is 3. The lowest BCUT2D eigenvalue weighted by atomic mass is 9.97. The Hall–Kier alpha value is -0.820. The molecule has 1 N–H and O–H groups in total. The summed E-state index contributed by atoms with van der Waals surface area (Å²) in [5, 5.41) is 9.17. The Bertz CT molecular complexity index is 282. The van der Waals surface area contributed by atoms with Crippen molar-refractivity contribution in [2.24, 2.45) is 5.41 Å². The minimum Gasteiger partial charge on any atom is -0.396 e. The molecule has 1 fully saturated rings. The van der Waals surface area contributed by atoms with Crippen LogP contribution in [-0.2, 0) is 6.42 Å². The van der Waals surface area contributed by atoms with Gasteiger partial charge in [0.15, 0.2) is 0 Å². The number of aliphatic hydroxyl groups is 1. The highest BCUT2D eigenvalue weighted by molar-refractivity contribution is 5.23. The van der Waals surface area contributed by atoms with E-state index >= 15 is 0 Å². The van der Waals surface area contributed by atoms with Crippen LogP contribution in [0.1, 0.15) is 24.0 Å². The van der Waals surface area contributed by atoms with Crippen LogP contribution >= 0.6 is 0 Å². The van der Waals surface area contributed by atoms with Crippen molar-refractivity contribution < 1.29 is 5.11 Å². The lowest BCUT2D eigenvalue weighted by molar-refractivity contribution is 0.211. The van der Waals surface area contributed by atoms with Crippen LogP contribution in [-0.4, -0.2) is 11.7 Å². The van der Waals surface area contributed by atoms with Crippen molar-refractivity contribution >= 4 is 0 Å². The maximum atomic E-state index is 9.17. The third kappa shape index (κ3) is 1.92. The van der Waals surface area contributed by atoms with Crippen LogP contribution in [0.2, 0.25) is 0 Å². The summed E-state index contributed by atoms with van der Waals surface area (Å²) in [5.41, 5.74) is 2.91. The Morgan fingerprint density at radius 3 is 2.31 bits per heavy atom. The second-order valence-electron chi connectivity index (χ2n) is 4.32. The van der Waals surface area contributed by atoms with E-state index in [2.05, 4.69) is 31.2 Å². The van der Waals surface area contributed by atoms with Gasteiger partial charge >= 0.3 is 0 Å². The van der Waals surface area contributed by atoms with Crippen LogP contribution in [0.15, 0.2) is 24.3 Å². The molecule has 1 aromatic rings. The predicted octanol–water partition coefficient (Wildman–Crippen LogP) is 2.31. The van der Waals surface area contributed by atoms with E-state index in [0.717, 1.165) is 6.42 Å². The quantitative estimate of drug-likeness (QED) is 0.749. The highest BCUT2D eigenvalue weighted by Crippen LogP contribution is 2.47. The van der Waals surface area contributed by atoms with Crippen molar-refractivity contribution in [1.29, 1.82) is 0 Å². The van der Waals surface area contributed by atoms with Crippen LogP contribution in [0.25, 0.3) is 0 Å². The average molecular weight is 176 g/mol. The number of aryl methyl sites for hydroxylation is 1. The SMILES string of the molecule is Cc1ccc(CC2(CO)CC2)cc1. The fraction of sp³-hybridized carbons (Fsp3) is 0.500. The lowest BCUT2D eigenvalue weighted by Crippen LogP contribution is -2.09. The molecule has 2 rings (SSSR count). The number of hydrogen-bond acceptors (Lipinski definition) is 1. The van der Waals surface area contributed by atoms with Gasteiger partial charge < -0.3 is 5.11 Å². The fourth-order valence-corrected chi connectivity index (χ4v) is 1.71. The van der Waals surface area contributed by atoms with Gasteiger partial charge in [-0.3, -0.25) is 0 Å². The van der Waals surface area contributed by atoms with E-state index in [1.807, 2.05) is 0 Å².